The van der Waals surface area contributed by atoms with E-state index >= 15 is 0 Å². The van der Waals surface area contributed by atoms with E-state index in [9.17, 15) is 9.18 Å². The molecule has 7 nitrogen and oxygen atoms in total. The Balaban J connectivity index is 1.47. The molecule has 0 radical (unpaired) electrons. The van der Waals surface area contributed by atoms with Crippen LogP contribution >= 0.6 is 23.8 Å². The molecule has 0 aliphatic heterocycles. The highest BCUT2D eigenvalue weighted by atomic mass is 35.5. The first kappa shape index (κ1) is 25.8. The van der Waals surface area contributed by atoms with Crippen molar-refractivity contribution in [1.29, 1.82) is 0 Å². The zero-order valence-corrected chi connectivity index (χ0v) is 21.9. The minimum atomic E-state index is -0.380. The molecule has 3 N–H and O–H groups in total. The molecule has 0 saturated carbocycles. The first-order chi connectivity index (χ1) is 17.2. The number of amides is 1. The number of fused-ring (bicyclic) bond motifs is 2. The zero-order valence-electron chi connectivity index (χ0n) is 20.3. The maximum absolute atomic E-state index is 14.6. The number of pyridine rings is 2. The molecule has 1 aliphatic rings. The molecule has 1 aromatic carbocycles. The van der Waals surface area contributed by atoms with Gasteiger partial charge in [0.1, 0.15) is 5.82 Å². The average Bonchev–Trinajstić information content (AvgIpc) is 3.00. The van der Waals surface area contributed by atoms with Gasteiger partial charge in [-0.15, -0.1) is 0 Å². The second-order valence-corrected chi connectivity index (χ2v) is 9.93. The van der Waals surface area contributed by atoms with Crippen molar-refractivity contribution in [3.63, 3.8) is 0 Å². The van der Waals surface area contributed by atoms with Crippen LogP contribution in [-0.4, -0.2) is 28.0 Å². The highest BCUT2D eigenvalue weighted by Crippen LogP contribution is 2.33. The summed E-state index contributed by atoms with van der Waals surface area (Å²) < 4.78 is 14.6. The van der Waals surface area contributed by atoms with Gasteiger partial charge < -0.3 is 10.2 Å². The molecule has 1 amide bonds. The predicted molar refractivity (Wildman–Crippen MR) is 144 cm³/mol. The number of aromatic nitrogens is 2. The van der Waals surface area contributed by atoms with E-state index in [4.69, 9.17) is 23.8 Å². The highest BCUT2D eigenvalue weighted by molar-refractivity contribution is 7.80. The number of halogens is 2. The summed E-state index contributed by atoms with van der Waals surface area (Å²) in [6.45, 7) is 3.98. The van der Waals surface area contributed by atoms with E-state index in [1.165, 1.54) is 11.0 Å². The van der Waals surface area contributed by atoms with Crippen LogP contribution in [0.4, 0.5) is 15.9 Å². The van der Waals surface area contributed by atoms with Crippen molar-refractivity contribution in [3.05, 3.63) is 82.0 Å². The summed E-state index contributed by atoms with van der Waals surface area (Å²) in [4.78, 5) is 22.5. The molecule has 1 atom stereocenters. The van der Waals surface area contributed by atoms with Crippen LogP contribution in [0.3, 0.4) is 0 Å². The van der Waals surface area contributed by atoms with Crippen LogP contribution < -0.4 is 21.1 Å². The van der Waals surface area contributed by atoms with Crippen LogP contribution in [0, 0.1) is 11.7 Å². The second kappa shape index (κ2) is 11.2. The Morgan fingerprint density at radius 1 is 1.25 bits per heavy atom. The summed E-state index contributed by atoms with van der Waals surface area (Å²) in [6, 6.07) is 8.33. The van der Waals surface area contributed by atoms with Crippen LogP contribution in [0.15, 0.2) is 48.9 Å². The quantitative estimate of drug-likeness (QED) is 0.309. The SMILES string of the molecule is CC(C)CC(=O)N(C)c1cnc(NNC(=S)NC2c3cnccc3CCc3c(F)cccc32)c(Cl)c1. The summed E-state index contributed by atoms with van der Waals surface area (Å²) in [6.07, 6.45) is 6.83. The summed E-state index contributed by atoms with van der Waals surface area (Å²) in [5.41, 5.74) is 9.94. The Hall–Kier alpha value is -3.30. The van der Waals surface area contributed by atoms with E-state index in [-0.39, 0.29) is 28.8 Å². The zero-order chi connectivity index (χ0) is 25.8. The number of benzene rings is 1. The number of hydrogen-bond acceptors (Lipinski definition) is 5. The fourth-order valence-corrected chi connectivity index (χ4v) is 4.61. The number of thiocarbonyl (C=S) groups is 1. The molecule has 2 aromatic heterocycles. The Morgan fingerprint density at radius 3 is 2.81 bits per heavy atom. The Morgan fingerprint density at radius 2 is 2.06 bits per heavy atom. The molecule has 10 heteroatoms. The van der Waals surface area contributed by atoms with Crippen LogP contribution in [0.25, 0.3) is 0 Å². The minimum Gasteiger partial charge on any atom is -0.350 e. The van der Waals surface area contributed by atoms with Gasteiger partial charge in [0.25, 0.3) is 0 Å². The lowest BCUT2D eigenvalue weighted by Gasteiger charge is -2.24. The summed E-state index contributed by atoms with van der Waals surface area (Å²) in [5, 5.41) is 3.88. The Labute approximate surface area is 220 Å². The van der Waals surface area contributed by atoms with Crippen molar-refractivity contribution in [2.45, 2.75) is 39.2 Å². The van der Waals surface area contributed by atoms with Gasteiger partial charge in [-0.05, 0) is 65.9 Å². The molecule has 0 spiro atoms. The van der Waals surface area contributed by atoms with Crippen LogP contribution in [0.2, 0.25) is 5.02 Å². The third kappa shape index (κ3) is 5.74. The summed E-state index contributed by atoms with van der Waals surface area (Å²) in [7, 11) is 1.70. The van der Waals surface area contributed by atoms with Crippen molar-refractivity contribution in [3.8, 4) is 0 Å². The third-order valence-corrected chi connectivity index (χ3v) is 6.62. The molecular formula is C26H28ClFN6OS. The maximum atomic E-state index is 14.6. The molecule has 2 heterocycles. The molecular weight excluding hydrogens is 499 g/mol. The van der Waals surface area contributed by atoms with Crippen LogP contribution in [0.5, 0.6) is 0 Å². The number of carbonyl (C=O) groups is 1. The van der Waals surface area contributed by atoms with Gasteiger partial charge in [-0.2, -0.15) is 0 Å². The fraction of sp³-hybridized carbons (Fsp3) is 0.308. The standard InChI is InChI=1S/C26H28ClFN6OS/c1-15(2)11-23(35)34(3)17-12-21(27)25(30-13-17)32-33-26(36)31-24-19-5-4-6-22(28)18(19)8-7-16-9-10-29-14-20(16)24/h4-6,9-10,12-15,24H,7-8,11H2,1-3H3,(H,30,32)(H2,31,33,36). The monoisotopic (exact) mass is 526 g/mol. The van der Waals surface area contributed by atoms with Gasteiger partial charge in [0.2, 0.25) is 5.91 Å². The van der Waals surface area contributed by atoms with Crippen molar-refractivity contribution in [1.82, 2.24) is 20.7 Å². The molecule has 1 aliphatic carbocycles. The van der Waals surface area contributed by atoms with E-state index < -0.39 is 0 Å². The Kier molecular flexibility index (Phi) is 8.01. The number of nitrogens with zero attached hydrogens (tertiary/aromatic N) is 3. The summed E-state index contributed by atoms with van der Waals surface area (Å²) in [5.74, 6) is 0.359. The number of rotatable bonds is 6. The molecule has 0 fully saturated rings. The maximum Gasteiger partial charge on any atom is 0.227 e. The van der Waals surface area contributed by atoms with E-state index in [0.29, 0.717) is 41.4 Å². The summed E-state index contributed by atoms with van der Waals surface area (Å²) >= 11 is 11.9. The van der Waals surface area contributed by atoms with Gasteiger partial charge in [-0.3, -0.25) is 20.6 Å². The van der Waals surface area contributed by atoms with Crippen molar-refractivity contribution < 1.29 is 9.18 Å². The molecule has 0 saturated heterocycles. The minimum absolute atomic E-state index is 0.0121. The first-order valence-electron chi connectivity index (χ1n) is 11.7. The topological polar surface area (TPSA) is 82.2 Å². The number of hydrogen-bond donors (Lipinski definition) is 3. The molecule has 1 unspecified atom stereocenters. The lowest BCUT2D eigenvalue weighted by Crippen LogP contribution is -2.41. The molecule has 0 bridgehead atoms. The van der Waals surface area contributed by atoms with Crippen LogP contribution in [0.1, 0.15) is 48.6 Å². The third-order valence-electron chi connectivity index (χ3n) is 6.11. The van der Waals surface area contributed by atoms with Crippen molar-refractivity contribution in [2.75, 3.05) is 17.4 Å². The largest absolute Gasteiger partial charge is 0.350 e. The number of anilines is 2. The second-order valence-electron chi connectivity index (χ2n) is 9.11. The predicted octanol–water partition coefficient (Wildman–Crippen LogP) is 4.96. The lowest BCUT2D eigenvalue weighted by molar-refractivity contribution is -0.119. The molecule has 36 heavy (non-hydrogen) atoms. The highest BCUT2D eigenvalue weighted by Gasteiger charge is 2.26. The van der Waals surface area contributed by atoms with Gasteiger partial charge in [-0.1, -0.05) is 37.6 Å². The van der Waals surface area contributed by atoms with Crippen LogP contribution in [-0.2, 0) is 17.6 Å². The number of carbonyl (C=O) groups excluding carboxylic acids is 1. The molecule has 188 valence electrons. The molecule has 4 rings (SSSR count). The van der Waals surface area contributed by atoms with E-state index in [1.807, 2.05) is 26.0 Å². The number of nitrogens with one attached hydrogen (secondary N) is 3. The van der Waals surface area contributed by atoms with Gasteiger partial charge in [-0.25, -0.2) is 9.37 Å². The normalized spacial score (nSPS) is 14.3. The molecule has 3 aromatic rings. The van der Waals surface area contributed by atoms with Gasteiger partial charge >= 0.3 is 0 Å². The van der Waals surface area contributed by atoms with E-state index in [0.717, 1.165) is 16.7 Å². The lowest BCUT2D eigenvalue weighted by atomic mass is 9.96. The average molecular weight is 527 g/mol. The Bertz CT molecular complexity index is 1290. The fourth-order valence-electron chi connectivity index (χ4n) is 4.23. The van der Waals surface area contributed by atoms with Gasteiger partial charge in [0.15, 0.2) is 10.9 Å². The van der Waals surface area contributed by atoms with Crippen molar-refractivity contribution >= 4 is 46.3 Å². The van der Waals surface area contributed by atoms with E-state index in [2.05, 4.69) is 26.1 Å². The van der Waals surface area contributed by atoms with E-state index in [1.54, 1.807) is 37.8 Å². The van der Waals surface area contributed by atoms with Gasteiger partial charge in [0.05, 0.1) is 22.9 Å². The van der Waals surface area contributed by atoms with Gasteiger partial charge in [0, 0.05) is 31.4 Å². The first-order valence-corrected chi connectivity index (χ1v) is 12.5. The smallest absolute Gasteiger partial charge is 0.227 e. The van der Waals surface area contributed by atoms with Crippen molar-refractivity contribution in [2.24, 2.45) is 5.92 Å². The number of hydrazine groups is 1. The number of aryl methyl sites for hydroxylation is 1.